The number of carbonyl (C=O) groups is 6. The van der Waals surface area contributed by atoms with Gasteiger partial charge in [-0.3, -0.25) is 28.8 Å². The number of nitrogens with one attached hydrogen (secondary N) is 5. The summed E-state index contributed by atoms with van der Waals surface area (Å²) in [5.74, 6) is 0.419. The van der Waals surface area contributed by atoms with Crippen molar-refractivity contribution in [1.82, 2.24) is 9.13 Å². The van der Waals surface area contributed by atoms with E-state index in [1.54, 1.807) is 6.92 Å². The highest BCUT2D eigenvalue weighted by molar-refractivity contribution is 5.96. The van der Waals surface area contributed by atoms with Crippen LogP contribution in [0.15, 0.2) is 237 Å². The van der Waals surface area contributed by atoms with Gasteiger partial charge in [0.15, 0.2) is 5.78 Å². The van der Waals surface area contributed by atoms with Crippen LogP contribution in [0.5, 0.6) is 0 Å². The third-order valence-corrected chi connectivity index (χ3v) is 24.7. The monoisotopic (exact) mass is 1650 g/mol. The first-order valence-corrected chi connectivity index (χ1v) is 43.5. The van der Waals surface area contributed by atoms with Crippen LogP contribution in [0.1, 0.15) is 209 Å². The number of hydrogen-bond acceptors (Lipinski definition) is 12. The minimum absolute atomic E-state index is 0.0363. The van der Waals surface area contributed by atoms with Crippen molar-refractivity contribution in [2.24, 2.45) is 0 Å². The molecule has 18 rings (SSSR count). The molecule has 19 heteroatoms. The number of benzene rings is 10. The number of Topliss-reactive ketones (excluding diaryl/α,β-unsaturated/α-hetero) is 1. The number of aryl methyl sites for hydroxylation is 2. The lowest BCUT2D eigenvalue weighted by atomic mass is 9.75. The van der Waals surface area contributed by atoms with Gasteiger partial charge < -0.3 is 65.7 Å². The number of amides is 5. The first kappa shape index (κ1) is 86.9. The summed E-state index contributed by atoms with van der Waals surface area (Å²) in [6.45, 7) is 20.9. The number of aromatic nitrogens is 2. The fraction of sp³-hybridized carbons (Fsp3) is 0.327. The maximum atomic E-state index is 11.4. The van der Waals surface area contributed by atoms with E-state index in [4.69, 9.17) is 0 Å². The quantitative estimate of drug-likeness (QED) is 0.0332. The third kappa shape index (κ3) is 22.1. The maximum absolute atomic E-state index is 11.4. The highest BCUT2D eigenvalue weighted by atomic mass is 16.3. The number of fused-ring (bicyclic) bond motifs is 5. The average molecular weight is 1650 g/mol. The molecule has 5 amide bonds. The van der Waals surface area contributed by atoms with Crippen molar-refractivity contribution in [2.75, 3.05) is 60.9 Å². The number of aliphatic hydroxyl groups is 3. The summed E-state index contributed by atoms with van der Waals surface area (Å²) < 4.78 is 4.43. The van der Waals surface area contributed by atoms with Gasteiger partial charge in [0.1, 0.15) is 0 Å². The molecule has 3 fully saturated rings. The van der Waals surface area contributed by atoms with Crippen LogP contribution in [0.3, 0.4) is 0 Å². The van der Waals surface area contributed by atoms with Crippen LogP contribution in [0.2, 0.25) is 0 Å². The Morgan fingerprint density at radius 3 is 0.927 bits per heavy atom. The molecule has 0 saturated heterocycles. The summed E-state index contributed by atoms with van der Waals surface area (Å²) in [5.41, 5.74) is 23.8. The lowest BCUT2D eigenvalue weighted by molar-refractivity contribution is -0.115. The Hall–Kier alpha value is -12.4. The second-order valence-corrected chi connectivity index (χ2v) is 34.5. The average Bonchev–Trinajstić information content (AvgIpc) is 1.70. The zero-order valence-electron chi connectivity index (χ0n) is 72.2. The predicted molar refractivity (Wildman–Crippen MR) is 496 cm³/mol. The van der Waals surface area contributed by atoms with E-state index in [0.29, 0.717) is 5.92 Å². The number of carbonyl (C=O) groups excluding carboxylic acids is 6. The maximum Gasteiger partial charge on any atom is 0.221 e. The molecular weight excluding hydrogens is 1530 g/mol. The number of ketones is 1. The summed E-state index contributed by atoms with van der Waals surface area (Å²) in [6, 6.07) is 76.4. The zero-order valence-corrected chi connectivity index (χ0v) is 72.2. The van der Waals surface area contributed by atoms with Gasteiger partial charge in [-0.2, -0.15) is 0 Å². The standard InChI is InChI=1S/C22H26N2O2.C21H24N2O2.C21H22N2O2.C20H22N2O2.C20H22N2O/c1-16(25)23-20-9-10-21-18(14-20)4-2-13-24(21)15-17-5-7-19(8-6-17)22(26)11-3-12-22;2*1-15(24)22-19-7-8-20-17(13-19)9-12-23(20)14-16-3-5-18(6-4-16)21(25)10-2-11-21;1-14(23)17-7-5-16(6-8-17)13-22-11-3-4-18-12-19(21-15(2)24)9-10-20(18)22;1-14(2)17-6-4-16(5-7-17)13-22-11-10-18-12-19(21-15(3)23)8-9-20(18)22/h5-10,14,26H,2-4,11-13,15H2,1H3,(H,23,25);3-8,13,25H,2,9-12,14H2,1H3,(H,22,24);3-9,12-13,25H,2,10-11,14H2,1H3,(H,22,24);5-10,12H,3-4,11,13H2,1-2H3,(H,21,24);4-12,14H,13H2,1-3H3,(H,21,23). The summed E-state index contributed by atoms with van der Waals surface area (Å²) >= 11 is 0. The fourth-order valence-corrected chi connectivity index (χ4v) is 17.5. The van der Waals surface area contributed by atoms with Crippen molar-refractivity contribution >= 4 is 103 Å². The van der Waals surface area contributed by atoms with Gasteiger partial charge in [-0.15, -0.1) is 0 Å². The molecule has 5 heterocycles. The van der Waals surface area contributed by atoms with Crippen molar-refractivity contribution in [2.45, 2.75) is 201 Å². The summed E-state index contributed by atoms with van der Waals surface area (Å²) in [5, 5.41) is 47.8. The van der Waals surface area contributed by atoms with Crippen LogP contribution in [0, 0.1) is 0 Å². The first-order chi connectivity index (χ1) is 59.1. The molecule has 12 aromatic rings. The Morgan fingerprint density at radius 1 is 0.325 bits per heavy atom. The highest BCUT2D eigenvalue weighted by Gasteiger charge is 2.38. The van der Waals surface area contributed by atoms with Gasteiger partial charge in [-0.25, -0.2) is 0 Å². The normalized spacial score (nSPS) is 15.3. The van der Waals surface area contributed by atoms with E-state index >= 15 is 0 Å². The molecule has 6 aliphatic rings. The van der Waals surface area contributed by atoms with E-state index in [1.807, 2.05) is 72.8 Å². The molecule has 0 spiro atoms. The summed E-state index contributed by atoms with van der Waals surface area (Å²) in [4.78, 5) is 74.6. The van der Waals surface area contributed by atoms with Gasteiger partial charge in [0, 0.05) is 172 Å². The Morgan fingerprint density at radius 2 is 0.618 bits per heavy atom. The Balaban J connectivity index is 0.000000125. The number of nitrogens with zero attached hydrogens (tertiary/aromatic N) is 5. The molecule has 3 saturated carbocycles. The van der Waals surface area contributed by atoms with E-state index in [1.165, 1.54) is 107 Å². The summed E-state index contributed by atoms with van der Waals surface area (Å²) in [7, 11) is 0. The van der Waals surface area contributed by atoms with Crippen molar-refractivity contribution < 1.29 is 44.1 Å². The van der Waals surface area contributed by atoms with E-state index in [9.17, 15) is 44.1 Å². The lowest BCUT2D eigenvalue weighted by Gasteiger charge is -2.37. The Bertz CT molecular complexity index is 5760. The van der Waals surface area contributed by atoms with Crippen molar-refractivity contribution in [1.29, 1.82) is 0 Å². The molecule has 123 heavy (non-hydrogen) atoms. The molecule has 0 unspecified atom stereocenters. The molecule has 0 radical (unpaired) electrons. The molecule has 3 aliphatic carbocycles. The second kappa shape index (κ2) is 38.8. The Kier molecular flexibility index (Phi) is 27.4. The predicted octanol–water partition coefficient (Wildman–Crippen LogP) is 20.1. The molecule has 2 aromatic heterocycles. The molecular formula is C104H116N10O9. The third-order valence-electron chi connectivity index (χ3n) is 24.7. The first-order valence-electron chi connectivity index (χ1n) is 43.5. The number of rotatable bonds is 20. The van der Waals surface area contributed by atoms with Crippen molar-refractivity contribution in [3.63, 3.8) is 0 Å². The topological polar surface area (TPSA) is 243 Å². The molecule has 0 atom stereocenters. The molecule has 636 valence electrons. The van der Waals surface area contributed by atoms with Crippen LogP contribution in [0.25, 0.3) is 21.8 Å². The van der Waals surface area contributed by atoms with Crippen LogP contribution in [0.4, 0.5) is 45.5 Å². The van der Waals surface area contributed by atoms with Gasteiger partial charge in [-0.05, 0) is 273 Å². The van der Waals surface area contributed by atoms with Gasteiger partial charge in [0.05, 0.1) is 16.8 Å². The molecule has 3 aliphatic heterocycles. The van der Waals surface area contributed by atoms with Crippen LogP contribution >= 0.6 is 0 Å². The van der Waals surface area contributed by atoms with Gasteiger partial charge >= 0.3 is 0 Å². The number of hydrogen-bond donors (Lipinski definition) is 8. The molecule has 19 nitrogen and oxygen atoms in total. The van der Waals surface area contributed by atoms with E-state index in [0.717, 1.165) is 209 Å². The SMILES string of the molecule is CC(=O)Nc1ccc2c(c1)CCCN2Cc1ccc(C(C)=O)cc1.CC(=O)Nc1ccc2c(c1)CCCN2Cc1ccc(C2(O)CCC2)cc1.CC(=O)Nc1ccc2c(c1)CCN2Cc1ccc(C2(O)CCC2)cc1.CC(=O)Nc1ccc2c(ccn2Cc2ccc(C(C)C)cc2)c1.CC(=O)Nc1ccc2c(ccn2Cc2ccc(C3(O)CCC3)cc2)c1. The highest BCUT2D eigenvalue weighted by Crippen LogP contribution is 2.44. The van der Waals surface area contributed by atoms with Crippen LogP contribution < -0.4 is 41.3 Å². The van der Waals surface area contributed by atoms with Crippen molar-refractivity contribution in [3.05, 3.63) is 309 Å². The lowest BCUT2D eigenvalue weighted by Crippen LogP contribution is -2.33. The largest absolute Gasteiger partial charge is 0.385 e. The van der Waals surface area contributed by atoms with E-state index < -0.39 is 16.8 Å². The fourth-order valence-electron chi connectivity index (χ4n) is 17.5. The minimum atomic E-state index is -0.598. The van der Waals surface area contributed by atoms with Crippen LogP contribution in [-0.2, 0) is 92.8 Å². The second-order valence-electron chi connectivity index (χ2n) is 34.5. The van der Waals surface area contributed by atoms with Gasteiger partial charge in [0.25, 0.3) is 0 Å². The van der Waals surface area contributed by atoms with E-state index in [2.05, 4.69) is 228 Å². The molecule has 0 bridgehead atoms. The van der Waals surface area contributed by atoms with Crippen molar-refractivity contribution in [3.8, 4) is 0 Å². The molecule has 8 N–H and O–H groups in total. The smallest absolute Gasteiger partial charge is 0.221 e. The van der Waals surface area contributed by atoms with Crippen LogP contribution in [-0.4, -0.2) is 79.4 Å². The molecule has 10 aromatic carbocycles. The minimum Gasteiger partial charge on any atom is -0.385 e. The summed E-state index contributed by atoms with van der Waals surface area (Å²) in [6.07, 6.45) is 18.0. The van der Waals surface area contributed by atoms with E-state index in [-0.39, 0.29) is 35.3 Å². The zero-order chi connectivity index (χ0) is 86.5. The van der Waals surface area contributed by atoms with Gasteiger partial charge in [0.2, 0.25) is 29.5 Å². The Labute approximate surface area is 722 Å². The number of anilines is 8. The van der Waals surface area contributed by atoms with Gasteiger partial charge in [-0.1, -0.05) is 135 Å².